The molecule has 0 bridgehead atoms. The molecule has 0 radical (unpaired) electrons. The van der Waals surface area contributed by atoms with Gasteiger partial charge in [0.15, 0.2) is 11.5 Å². The van der Waals surface area contributed by atoms with Gasteiger partial charge in [0.2, 0.25) is 5.95 Å². The minimum Gasteiger partial charge on any atom is -0.494 e. The van der Waals surface area contributed by atoms with Gasteiger partial charge in [-0.05, 0) is 51.7 Å². The number of benzene rings is 1. The van der Waals surface area contributed by atoms with Gasteiger partial charge < -0.3 is 15.6 Å². The molecule has 3 N–H and O–H groups in total. The lowest BCUT2D eigenvalue weighted by atomic mass is 9.73. The van der Waals surface area contributed by atoms with Crippen LogP contribution in [-0.4, -0.2) is 47.2 Å². The second-order valence-electron chi connectivity index (χ2n) is 9.69. The summed E-state index contributed by atoms with van der Waals surface area (Å²) in [6.45, 7) is 3.75. The zero-order valence-corrected chi connectivity index (χ0v) is 19.5. The van der Waals surface area contributed by atoms with Gasteiger partial charge in [0.1, 0.15) is 16.8 Å². The molecule has 11 nitrogen and oxygen atoms in total. The van der Waals surface area contributed by atoms with Crippen molar-refractivity contribution in [3.63, 3.8) is 0 Å². The molecule has 11 heteroatoms. The van der Waals surface area contributed by atoms with E-state index in [1.807, 2.05) is 18.2 Å². The maximum atomic E-state index is 12.2. The van der Waals surface area contributed by atoms with E-state index in [1.54, 1.807) is 42.5 Å². The lowest BCUT2D eigenvalue weighted by Crippen LogP contribution is -2.30. The fourth-order valence-corrected chi connectivity index (χ4v) is 4.94. The van der Waals surface area contributed by atoms with Crippen molar-refractivity contribution in [3.8, 4) is 5.75 Å². The molecule has 3 aromatic heterocycles. The Morgan fingerprint density at radius 2 is 2.18 bits per heavy atom. The molecule has 1 fully saturated rings. The van der Waals surface area contributed by atoms with Crippen LogP contribution in [0.5, 0.6) is 5.75 Å². The van der Waals surface area contributed by atoms with Crippen LogP contribution in [0.1, 0.15) is 56.8 Å². The highest BCUT2D eigenvalue weighted by Crippen LogP contribution is 2.46. The summed E-state index contributed by atoms with van der Waals surface area (Å²) in [5, 5.41) is 23.5. The van der Waals surface area contributed by atoms with Crippen LogP contribution >= 0.6 is 0 Å². The zero-order chi connectivity index (χ0) is 24.1. The Labute approximate surface area is 195 Å². The predicted octanol–water partition coefficient (Wildman–Crippen LogP) is 3.16. The first-order chi connectivity index (χ1) is 16.2. The molecule has 3 heterocycles. The van der Waals surface area contributed by atoms with Crippen molar-refractivity contribution in [3.05, 3.63) is 46.9 Å². The number of nitrogens with zero attached hydrogens (tertiary/aromatic N) is 7. The maximum Gasteiger partial charge on any atom is 0.223 e. The largest absolute Gasteiger partial charge is 0.494 e. The Bertz CT molecular complexity index is 1370. The summed E-state index contributed by atoms with van der Waals surface area (Å²) in [4.78, 5) is 21.5. The molecule has 0 aliphatic heterocycles. The SMILES string of the molecule is COc1cccc2c1nc(N)n1nc(C3CCCC(N=O)(c4cnn(CC(C)(C)O)c4)C3)nc21. The summed E-state index contributed by atoms with van der Waals surface area (Å²) >= 11 is 0. The molecule has 1 aromatic carbocycles. The highest BCUT2D eigenvalue weighted by Gasteiger charge is 2.42. The number of nitrogens with two attached hydrogens (primary N) is 1. The maximum absolute atomic E-state index is 12.2. The van der Waals surface area contributed by atoms with Crippen LogP contribution < -0.4 is 10.5 Å². The molecule has 2 atom stereocenters. The average Bonchev–Trinajstić information content (AvgIpc) is 3.46. The quantitative estimate of drug-likeness (QED) is 0.414. The third-order valence-electron chi connectivity index (χ3n) is 6.51. The van der Waals surface area contributed by atoms with Crippen LogP contribution in [0, 0.1) is 4.91 Å². The van der Waals surface area contributed by atoms with Crippen LogP contribution in [0.15, 0.2) is 35.8 Å². The predicted molar refractivity (Wildman–Crippen MR) is 126 cm³/mol. The standard InChI is InChI=1S/C23H28N8O3/c1-22(2,32)13-30-12-15(11-25-30)23(29-33)9-5-6-14(10-23)19-27-20-16-7-4-8-17(34-3)18(16)26-21(24)31(20)28-19/h4,7-8,11-12,14,32H,5-6,9-10,13H2,1-3H3,(H2,24,26). The summed E-state index contributed by atoms with van der Waals surface area (Å²) in [5.74, 6) is 1.36. The molecule has 2 unspecified atom stereocenters. The van der Waals surface area contributed by atoms with Crippen molar-refractivity contribution in [2.45, 2.75) is 63.1 Å². The first kappa shape index (κ1) is 22.2. The van der Waals surface area contributed by atoms with E-state index in [4.69, 9.17) is 15.5 Å². The Kier molecular flexibility index (Phi) is 5.23. The minimum absolute atomic E-state index is 0.0796. The number of aliphatic hydroxyl groups is 1. The van der Waals surface area contributed by atoms with E-state index < -0.39 is 11.1 Å². The van der Waals surface area contributed by atoms with Crippen molar-refractivity contribution >= 4 is 22.5 Å². The van der Waals surface area contributed by atoms with E-state index in [0.29, 0.717) is 42.1 Å². The lowest BCUT2D eigenvalue weighted by Gasteiger charge is -2.33. The number of nitrogen functional groups attached to an aromatic ring is 1. The third kappa shape index (κ3) is 3.75. The van der Waals surface area contributed by atoms with Gasteiger partial charge in [-0.25, -0.2) is 9.97 Å². The van der Waals surface area contributed by atoms with Gasteiger partial charge >= 0.3 is 0 Å². The number of hydrogen-bond acceptors (Lipinski definition) is 9. The first-order valence-corrected chi connectivity index (χ1v) is 11.3. The smallest absolute Gasteiger partial charge is 0.223 e. The summed E-state index contributed by atoms with van der Waals surface area (Å²) < 4.78 is 8.63. The Balaban J connectivity index is 1.52. The second-order valence-corrected chi connectivity index (χ2v) is 9.69. The molecule has 1 saturated carbocycles. The van der Waals surface area contributed by atoms with Crippen molar-refractivity contribution in [2.24, 2.45) is 5.18 Å². The second kappa shape index (κ2) is 8.01. The molecule has 0 amide bonds. The van der Waals surface area contributed by atoms with Crippen LogP contribution in [0.25, 0.3) is 16.6 Å². The number of methoxy groups -OCH3 is 1. The van der Waals surface area contributed by atoms with E-state index >= 15 is 0 Å². The number of nitroso groups, excluding NO2 is 1. The van der Waals surface area contributed by atoms with E-state index in [0.717, 1.165) is 23.8 Å². The number of rotatable bonds is 6. The van der Waals surface area contributed by atoms with E-state index in [1.165, 1.54) is 0 Å². The molecule has 5 rings (SSSR count). The molecule has 1 aliphatic rings. The van der Waals surface area contributed by atoms with Gasteiger partial charge in [0.05, 0.1) is 25.5 Å². The lowest BCUT2D eigenvalue weighted by molar-refractivity contribution is 0.0576. The summed E-state index contributed by atoms with van der Waals surface area (Å²) in [5.41, 5.74) is 6.34. The van der Waals surface area contributed by atoms with Gasteiger partial charge in [-0.15, -0.1) is 10.0 Å². The molecule has 0 saturated heterocycles. The number of ether oxygens (including phenoxy) is 1. The van der Waals surface area contributed by atoms with Gasteiger partial charge in [-0.2, -0.15) is 9.61 Å². The number of fused-ring (bicyclic) bond motifs is 3. The highest BCUT2D eigenvalue weighted by atomic mass is 16.5. The third-order valence-corrected chi connectivity index (χ3v) is 6.51. The first-order valence-electron chi connectivity index (χ1n) is 11.3. The van der Waals surface area contributed by atoms with Crippen molar-refractivity contribution in [1.29, 1.82) is 0 Å². The minimum atomic E-state index is -0.923. The monoisotopic (exact) mass is 464 g/mol. The van der Waals surface area contributed by atoms with Gasteiger partial charge in [-0.3, -0.25) is 4.68 Å². The fraction of sp³-hybridized carbons (Fsp3) is 0.478. The van der Waals surface area contributed by atoms with Gasteiger partial charge in [0, 0.05) is 23.1 Å². The highest BCUT2D eigenvalue weighted by molar-refractivity contribution is 5.95. The van der Waals surface area contributed by atoms with E-state index in [2.05, 4.69) is 20.4 Å². The van der Waals surface area contributed by atoms with Crippen LogP contribution in [-0.2, 0) is 12.1 Å². The Hall–Kier alpha value is -3.60. The van der Waals surface area contributed by atoms with Gasteiger partial charge in [0.25, 0.3) is 0 Å². The van der Waals surface area contributed by atoms with Crippen LogP contribution in [0.2, 0.25) is 0 Å². The van der Waals surface area contributed by atoms with Crippen LogP contribution in [0.3, 0.4) is 0 Å². The van der Waals surface area contributed by atoms with Gasteiger partial charge in [-0.1, -0.05) is 11.2 Å². The zero-order valence-electron chi connectivity index (χ0n) is 19.5. The van der Waals surface area contributed by atoms with Crippen molar-refractivity contribution in [2.75, 3.05) is 12.8 Å². The molecular weight excluding hydrogens is 436 g/mol. The van der Waals surface area contributed by atoms with Crippen molar-refractivity contribution in [1.82, 2.24) is 29.4 Å². The fourth-order valence-electron chi connectivity index (χ4n) is 4.94. The molecule has 34 heavy (non-hydrogen) atoms. The number of hydrogen-bond donors (Lipinski definition) is 2. The Morgan fingerprint density at radius 3 is 2.91 bits per heavy atom. The molecule has 178 valence electrons. The number of anilines is 1. The Morgan fingerprint density at radius 1 is 1.35 bits per heavy atom. The topological polar surface area (TPSA) is 146 Å². The van der Waals surface area contributed by atoms with Crippen molar-refractivity contribution < 1.29 is 9.84 Å². The summed E-state index contributed by atoms with van der Waals surface area (Å²) in [7, 11) is 1.59. The van der Waals surface area contributed by atoms with E-state index in [-0.39, 0.29) is 11.9 Å². The number of para-hydroxylation sites is 1. The molecule has 1 aliphatic carbocycles. The van der Waals surface area contributed by atoms with Crippen LogP contribution in [0.4, 0.5) is 5.95 Å². The normalized spacial score (nSPS) is 21.2. The molecule has 4 aromatic rings. The average molecular weight is 465 g/mol. The summed E-state index contributed by atoms with van der Waals surface area (Å²) in [6.07, 6.45) is 6.20. The summed E-state index contributed by atoms with van der Waals surface area (Å²) in [6, 6.07) is 5.61. The van der Waals surface area contributed by atoms with E-state index in [9.17, 15) is 10.0 Å². The molecular formula is C23H28N8O3. The number of aromatic nitrogens is 6. The molecule has 0 spiro atoms.